The molecule has 1 fully saturated rings. The van der Waals surface area contributed by atoms with Gasteiger partial charge in [-0.15, -0.1) is 0 Å². The average molecular weight is 348 g/mol. The predicted molar refractivity (Wildman–Crippen MR) is 104 cm³/mol. The lowest BCUT2D eigenvalue weighted by Crippen LogP contribution is -2.53. The van der Waals surface area contributed by atoms with Crippen molar-refractivity contribution in [3.05, 3.63) is 59.7 Å². The van der Waals surface area contributed by atoms with Crippen molar-refractivity contribution >= 4 is 17.3 Å². The standard InChI is InChI=1S/C21H24N4O/c1-16-5-3-4-6-20(16)25-13-11-24(12-14-25)17(2)21(26)23-19-9-7-18(15-22)8-10-19/h3-10,17H,11-14H2,1-2H3,(H,23,26)/t17-/m1/s1. The Labute approximate surface area is 154 Å². The molecule has 1 aliphatic heterocycles. The second-order valence-corrected chi connectivity index (χ2v) is 6.66. The molecule has 1 heterocycles. The van der Waals surface area contributed by atoms with Crippen molar-refractivity contribution in [2.75, 3.05) is 36.4 Å². The lowest BCUT2D eigenvalue weighted by Gasteiger charge is -2.39. The smallest absolute Gasteiger partial charge is 0.241 e. The largest absolute Gasteiger partial charge is 0.369 e. The van der Waals surface area contributed by atoms with Gasteiger partial charge in [0.2, 0.25) is 5.91 Å². The molecule has 1 atom stereocenters. The van der Waals surface area contributed by atoms with Crippen LogP contribution in [-0.4, -0.2) is 43.0 Å². The Bertz CT molecular complexity index is 802. The van der Waals surface area contributed by atoms with Gasteiger partial charge >= 0.3 is 0 Å². The molecule has 134 valence electrons. The number of nitriles is 1. The second-order valence-electron chi connectivity index (χ2n) is 6.66. The molecule has 0 radical (unpaired) electrons. The van der Waals surface area contributed by atoms with Crippen molar-refractivity contribution in [1.82, 2.24) is 4.90 Å². The summed E-state index contributed by atoms with van der Waals surface area (Å²) < 4.78 is 0. The van der Waals surface area contributed by atoms with Crippen molar-refractivity contribution in [2.24, 2.45) is 0 Å². The number of rotatable bonds is 4. The summed E-state index contributed by atoms with van der Waals surface area (Å²) in [6, 6.07) is 17.3. The lowest BCUT2D eigenvalue weighted by molar-refractivity contribution is -0.120. The van der Waals surface area contributed by atoms with E-state index in [0.717, 1.165) is 31.9 Å². The Morgan fingerprint density at radius 3 is 2.35 bits per heavy atom. The zero-order valence-electron chi connectivity index (χ0n) is 15.3. The summed E-state index contributed by atoms with van der Waals surface area (Å²) in [4.78, 5) is 17.1. The second kappa shape index (κ2) is 8.03. The van der Waals surface area contributed by atoms with Gasteiger partial charge in [0.05, 0.1) is 17.7 Å². The third kappa shape index (κ3) is 4.04. The fraction of sp³-hybridized carbons (Fsp3) is 0.333. The number of para-hydroxylation sites is 1. The third-order valence-electron chi connectivity index (χ3n) is 4.98. The van der Waals surface area contributed by atoms with E-state index >= 15 is 0 Å². The van der Waals surface area contributed by atoms with Gasteiger partial charge in [-0.2, -0.15) is 5.26 Å². The number of hydrogen-bond acceptors (Lipinski definition) is 4. The highest BCUT2D eigenvalue weighted by atomic mass is 16.2. The topological polar surface area (TPSA) is 59.4 Å². The molecule has 1 N–H and O–H groups in total. The molecule has 1 aliphatic rings. The zero-order chi connectivity index (χ0) is 18.5. The van der Waals surface area contributed by atoms with E-state index in [1.54, 1.807) is 24.3 Å². The Kier molecular flexibility index (Phi) is 5.55. The molecule has 1 amide bonds. The molecule has 1 saturated heterocycles. The van der Waals surface area contributed by atoms with Gasteiger partial charge in [0.15, 0.2) is 0 Å². The van der Waals surface area contributed by atoms with Crippen molar-refractivity contribution < 1.29 is 4.79 Å². The van der Waals surface area contributed by atoms with Gasteiger partial charge in [-0.1, -0.05) is 18.2 Å². The molecule has 0 bridgehead atoms. The van der Waals surface area contributed by atoms with Gasteiger partial charge in [-0.05, 0) is 49.7 Å². The number of anilines is 2. The number of hydrogen-bond donors (Lipinski definition) is 1. The molecule has 2 aromatic rings. The van der Waals surface area contributed by atoms with E-state index in [9.17, 15) is 4.79 Å². The van der Waals surface area contributed by atoms with E-state index in [4.69, 9.17) is 5.26 Å². The molecule has 2 aromatic carbocycles. The summed E-state index contributed by atoms with van der Waals surface area (Å²) in [5.41, 5.74) is 3.87. The van der Waals surface area contributed by atoms with Crippen LogP contribution in [0.25, 0.3) is 0 Å². The van der Waals surface area contributed by atoms with Crippen molar-refractivity contribution in [3.63, 3.8) is 0 Å². The highest BCUT2D eigenvalue weighted by molar-refractivity contribution is 5.94. The van der Waals surface area contributed by atoms with Gasteiger partial charge < -0.3 is 10.2 Å². The zero-order valence-corrected chi connectivity index (χ0v) is 15.3. The minimum Gasteiger partial charge on any atom is -0.369 e. The minimum atomic E-state index is -0.190. The van der Waals surface area contributed by atoms with Crippen molar-refractivity contribution in [3.8, 4) is 6.07 Å². The third-order valence-corrected chi connectivity index (χ3v) is 4.98. The molecule has 0 aliphatic carbocycles. The lowest BCUT2D eigenvalue weighted by atomic mass is 10.1. The molecule has 26 heavy (non-hydrogen) atoms. The van der Waals surface area contributed by atoms with Crippen LogP contribution < -0.4 is 10.2 Å². The molecule has 0 saturated carbocycles. The number of carbonyl (C=O) groups is 1. The van der Waals surface area contributed by atoms with E-state index in [-0.39, 0.29) is 11.9 Å². The van der Waals surface area contributed by atoms with E-state index < -0.39 is 0 Å². The fourth-order valence-corrected chi connectivity index (χ4v) is 3.31. The summed E-state index contributed by atoms with van der Waals surface area (Å²) in [6.07, 6.45) is 0. The highest BCUT2D eigenvalue weighted by Crippen LogP contribution is 2.21. The summed E-state index contributed by atoms with van der Waals surface area (Å²) in [5, 5.41) is 11.8. The molecular formula is C21H24N4O. The fourth-order valence-electron chi connectivity index (χ4n) is 3.31. The molecule has 0 unspecified atom stereocenters. The predicted octanol–water partition coefficient (Wildman–Crippen LogP) is 3.02. The normalized spacial score (nSPS) is 16.0. The quantitative estimate of drug-likeness (QED) is 0.923. The first kappa shape index (κ1) is 18.0. The first-order valence-electron chi connectivity index (χ1n) is 8.94. The van der Waals surface area contributed by atoms with E-state index in [0.29, 0.717) is 5.56 Å². The first-order valence-corrected chi connectivity index (χ1v) is 8.94. The van der Waals surface area contributed by atoms with Crippen LogP contribution in [0.2, 0.25) is 0 Å². The number of piperazine rings is 1. The van der Waals surface area contributed by atoms with Crippen LogP contribution >= 0.6 is 0 Å². The van der Waals surface area contributed by atoms with Crippen molar-refractivity contribution in [2.45, 2.75) is 19.9 Å². The maximum absolute atomic E-state index is 12.5. The number of amides is 1. The number of aryl methyl sites for hydroxylation is 1. The monoisotopic (exact) mass is 348 g/mol. The SMILES string of the molecule is Cc1ccccc1N1CCN([C@H](C)C(=O)Nc2ccc(C#N)cc2)CC1. The number of benzene rings is 2. The van der Waals surface area contributed by atoms with E-state index in [1.807, 2.05) is 6.92 Å². The molecular weight excluding hydrogens is 324 g/mol. The van der Waals surface area contributed by atoms with Gasteiger partial charge in [0, 0.05) is 37.6 Å². The van der Waals surface area contributed by atoms with Gasteiger partial charge in [0.1, 0.15) is 0 Å². The van der Waals surface area contributed by atoms with Crippen LogP contribution in [0.5, 0.6) is 0 Å². The molecule has 3 rings (SSSR count). The average Bonchev–Trinajstić information content (AvgIpc) is 2.68. The maximum atomic E-state index is 12.5. The molecule has 0 spiro atoms. The Morgan fingerprint density at radius 1 is 1.08 bits per heavy atom. The summed E-state index contributed by atoms with van der Waals surface area (Å²) in [7, 11) is 0. The maximum Gasteiger partial charge on any atom is 0.241 e. The molecule has 5 nitrogen and oxygen atoms in total. The summed E-state index contributed by atoms with van der Waals surface area (Å²) in [6.45, 7) is 7.63. The first-order chi connectivity index (χ1) is 12.6. The Morgan fingerprint density at radius 2 is 1.73 bits per heavy atom. The number of nitrogens with zero attached hydrogens (tertiary/aromatic N) is 3. The molecule has 5 heteroatoms. The van der Waals surface area contributed by atoms with Gasteiger partial charge in [-0.25, -0.2) is 0 Å². The van der Waals surface area contributed by atoms with Crippen LogP contribution in [0.15, 0.2) is 48.5 Å². The Balaban J connectivity index is 1.55. The number of nitrogens with one attached hydrogen (secondary N) is 1. The van der Waals surface area contributed by atoms with Crippen LogP contribution in [-0.2, 0) is 4.79 Å². The van der Waals surface area contributed by atoms with Crippen molar-refractivity contribution in [1.29, 1.82) is 5.26 Å². The number of carbonyl (C=O) groups excluding carboxylic acids is 1. The van der Waals surface area contributed by atoms with Crippen LogP contribution in [0.1, 0.15) is 18.1 Å². The van der Waals surface area contributed by atoms with Gasteiger partial charge in [-0.3, -0.25) is 9.69 Å². The highest BCUT2D eigenvalue weighted by Gasteiger charge is 2.26. The summed E-state index contributed by atoms with van der Waals surface area (Å²) >= 11 is 0. The van der Waals surface area contributed by atoms with Crippen LogP contribution in [0.4, 0.5) is 11.4 Å². The van der Waals surface area contributed by atoms with E-state index in [1.165, 1.54) is 11.3 Å². The van der Waals surface area contributed by atoms with Crippen LogP contribution in [0, 0.1) is 18.3 Å². The molecule has 0 aromatic heterocycles. The van der Waals surface area contributed by atoms with Gasteiger partial charge in [0.25, 0.3) is 0 Å². The van der Waals surface area contributed by atoms with E-state index in [2.05, 4.69) is 52.4 Å². The van der Waals surface area contributed by atoms with Crippen LogP contribution in [0.3, 0.4) is 0 Å². The summed E-state index contributed by atoms with van der Waals surface area (Å²) in [5.74, 6) is -0.0148. The minimum absolute atomic E-state index is 0.0148. The Hall–Kier alpha value is -2.84.